The minimum Gasteiger partial charge on any atom is -0.356 e. The summed E-state index contributed by atoms with van der Waals surface area (Å²) in [5.41, 5.74) is 1.20. The van der Waals surface area contributed by atoms with Crippen molar-refractivity contribution in [2.24, 2.45) is 5.92 Å². The molecule has 110 valence electrons. The molecule has 0 aliphatic carbocycles. The van der Waals surface area contributed by atoms with Crippen LogP contribution in [0.3, 0.4) is 0 Å². The van der Waals surface area contributed by atoms with E-state index in [-0.39, 0.29) is 0 Å². The van der Waals surface area contributed by atoms with Gasteiger partial charge in [-0.2, -0.15) is 0 Å². The van der Waals surface area contributed by atoms with Gasteiger partial charge in [0, 0.05) is 30.9 Å². The molecule has 2 fully saturated rings. The van der Waals surface area contributed by atoms with Gasteiger partial charge in [0.1, 0.15) is 12.1 Å². The first-order chi connectivity index (χ1) is 9.81. The van der Waals surface area contributed by atoms with Crippen LogP contribution in [0, 0.1) is 5.92 Å². The molecule has 2 aliphatic rings. The number of hydrogen-bond donors (Lipinski definition) is 1. The highest BCUT2D eigenvalue weighted by Crippen LogP contribution is 2.22. The lowest BCUT2D eigenvalue weighted by Gasteiger charge is -2.31. The van der Waals surface area contributed by atoms with Crippen LogP contribution in [0.2, 0.25) is 0 Å². The predicted molar refractivity (Wildman–Crippen MR) is 82.0 cm³/mol. The van der Waals surface area contributed by atoms with Crippen molar-refractivity contribution in [1.82, 2.24) is 15.3 Å². The third kappa shape index (κ3) is 3.48. The van der Waals surface area contributed by atoms with Crippen LogP contribution in [0.5, 0.6) is 0 Å². The zero-order chi connectivity index (χ0) is 13.8. The Morgan fingerprint density at radius 1 is 1.25 bits per heavy atom. The highest BCUT2D eigenvalue weighted by molar-refractivity contribution is 5.39. The van der Waals surface area contributed by atoms with Crippen LogP contribution < -0.4 is 10.2 Å². The second-order valence-electron chi connectivity index (χ2n) is 6.37. The Morgan fingerprint density at radius 2 is 2.10 bits per heavy atom. The molecular weight excluding hydrogens is 248 g/mol. The van der Waals surface area contributed by atoms with Gasteiger partial charge in [-0.05, 0) is 51.0 Å². The monoisotopic (exact) mass is 274 g/mol. The molecule has 4 heteroatoms. The molecule has 0 amide bonds. The molecule has 1 atom stereocenters. The van der Waals surface area contributed by atoms with E-state index in [1.807, 2.05) is 0 Å². The molecule has 3 heterocycles. The van der Waals surface area contributed by atoms with Crippen LogP contribution in [-0.2, 0) is 6.42 Å². The van der Waals surface area contributed by atoms with Gasteiger partial charge in [-0.3, -0.25) is 0 Å². The minimum atomic E-state index is 0.698. The molecule has 1 aromatic heterocycles. The van der Waals surface area contributed by atoms with E-state index < -0.39 is 0 Å². The summed E-state index contributed by atoms with van der Waals surface area (Å²) in [7, 11) is 0. The van der Waals surface area contributed by atoms with Crippen molar-refractivity contribution in [2.75, 3.05) is 24.5 Å². The third-order valence-corrected chi connectivity index (χ3v) is 4.73. The van der Waals surface area contributed by atoms with E-state index in [9.17, 15) is 0 Å². The molecule has 2 aliphatic heterocycles. The third-order valence-electron chi connectivity index (χ3n) is 4.73. The number of hydrogen-bond acceptors (Lipinski definition) is 4. The van der Waals surface area contributed by atoms with Gasteiger partial charge in [0.2, 0.25) is 0 Å². The molecule has 1 aromatic rings. The molecule has 0 aromatic carbocycles. The fourth-order valence-corrected chi connectivity index (χ4v) is 3.26. The molecular formula is C16H26N4. The Balaban J connectivity index is 1.57. The molecule has 3 rings (SSSR count). The second kappa shape index (κ2) is 6.53. The minimum absolute atomic E-state index is 0.698. The average Bonchev–Trinajstić information content (AvgIpc) is 3.00. The first kappa shape index (κ1) is 13.8. The number of anilines is 1. The van der Waals surface area contributed by atoms with E-state index >= 15 is 0 Å². The number of nitrogens with zero attached hydrogens (tertiary/aromatic N) is 3. The van der Waals surface area contributed by atoms with Crippen LogP contribution in [0.25, 0.3) is 0 Å². The van der Waals surface area contributed by atoms with Gasteiger partial charge in [-0.15, -0.1) is 0 Å². The first-order valence-corrected chi connectivity index (χ1v) is 8.10. The second-order valence-corrected chi connectivity index (χ2v) is 6.37. The Morgan fingerprint density at radius 3 is 2.85 bits per heavy atom. The number of piperidine rings is 1. The van der Waals surface area contributed by atoms with Crippen LogP contribution in [0.4, 0.5) is 5.82 Å². The molecule has 0 saturated carbocycles. The zero-order valence-electron chi connectivity index (χ0n) is 12.5. The van der Waals surface area contributed by atoms with Crippen molar-refractivity contribution in [1.29, 1.82) is 0 Å². The van der Waals surface area contributed by atoms with Crippen molar-refractivity contribution in [3.05, 3.63) is 18.1 Å². The number of rotatable bonds is 4. The van der Waals surface area contributed by atoms with E-state index in [2.05, 4.69) is 33.2 Å². The van der Waals surface area contributed by atoms with E-state index in [1.165, 1.54) is 44.3 Å². The number of nitrogens with one attached hydrogen (secondary N) is 1. The number of aryl methyl sites for hydroxylation is 1. The maximum atomic E-state index is 4.47. The van der Waals surface area contributed by atoms with Crippen molar-refractivity contribution >= 4 is 5.82 Å². The van der Waals surface area contributed by atoms with Crippen LogP contribution in [-0.4, -0.2) is 35.6 Å². The molecule has 0 unspecified atom stereocenters. The van der Waals surface area contributed by atoms with Crippen molar-refractivity contribution < 1.29 is 0 Å². The summed E-state index contributed by atoms with van der Waals surface area (Å²) < 4.78 is 0. The SMILES string of the molecule is CC1CCN(c2cc(CC[C@@H]3CCCN3)ncn2)CC1. The topological polar surface area (TPSA) is 41.0 Å². The first-order valence-electron chi connectivity index (χ1n) is 8.10. The van der Waals surface area contributed by atoms with Gasteiger partial charge in [-0.25, -0.2) is 9.97 Å². The van der Waals surface area contributed by atoms with Crippen molar-refractivity contribution in [3.8, 4) is 0 Å². The van der Waals surface area contributed by atoms with Crippen molar-refractivity contribution in [2.45, 2.75) is 51.5 Å². The summed E-state index contributed by atoms with van der Waals surface area (Å²) >= 11 is 0. The normalized spacial score (nSPS) is 24.2. The van der Waals surface area contributed by atoms with E-state index in [0.29, 0.717) is 6.04 Å². The van der Waals surface area contributed by atoms with E-state index in [4.69, 9.17) is 0 Å². The maximum absolute atomic E-state index is 4.47. The van der Waals surface area contributed by atoms with Gasteiger partial charge in [0.25, 0.3) is 0 Å². The van der Waals surface area contributed by atoms with Gasteiger partial charge < -0.3 is 10.2 Å². The van der Waals surface area contributed by atoms with Crippen LogP contribution in [0.1, 0.15) is 44.7 Å². The summed E-state index contributed by atoms with van der Waals surface area (Å²) in [4.78, 5) is 11.3. The fourth-order valence-electron chi connectivity index (χ4n) is 3.26. The summed E-state index contributed by atoms with van der Waals surface area (Å²) in [5, 5.41) is 3.56. The average molecular weight is 274 g/mol. The molecule has 2 saturated heterocycles. The van der Waals surface area contributed by atoms with E-state index in [1.54, 1.807) is 6.33 Å². The summed E-state index contributed by atoms with van der Waals surface area (Å²) in [6.07, 6.45) is 9.22. The lowest BCUT2D eigenvalue weighted by atomic mass is 9.99. The maximum Gasteiger partial charge on any atom is 0.132 e. The highest BCUT2D eigenvalue weighted by atomic mass is 15.2. The predicted octanol–water partition coefficient (Wildman–Crippen LogP) is 2.40. The molecule has 0 spiro atoms. The smallest absolute Gasteiger partial charge is 0.132 e. The van der Waals surface area contributed by atoms with Gasteiger partial charge in [-0.1, -0.05) is 6.92 Å². The highest BCUT2D eigenvalue weighted by Gasteiger charge is 2.18. The quantitative estimate of drug-likeness (QED) is 0.915. The van der Waals surface area contributed by atoms with Crippen molar-refractivity contribution in [3.63, 3.8) is 0 Å². The summed E-state index contributed by atoms with van der Waals surface area (Å²) in [6.45, 7) is 5.81. The van der Waals surface area contributed by atoms with Crippen LogP contribution in [0.15, 0.2) is 12.4 Å². The molecule has 20 heavy (non-hydrogen) atoms. The van der Waals surface area contributed by atoms with Gasteiger partial charge in [0.05, 0.1) is 0 Å². The Labute approximate surface area is 122 Å². The van der Waals surface area contributed by atoms with Gasteiger partial charge in [0.15, 0.2) is 0 Å². The Bertz CT molecular complexity index is 420. The lowest BCUT2D eigenvalue weighted by Crippen LogP contribution is -2.33. The zero-order valence-corrected chi connectivity index (χ0v) is 12.5. The lowest BCUT2D eigenvalue weighted by molar-refractivity contribution is 0.436. The molecule has 4 nitrogen and oxygen atoms in total. The van der Waals surface area contributed by atoms with E-state index in [0.717, 1.165) is 31.2 Å². The van der Waals surface area contributed by atoms with Crippen LogP contribution >= 0.6 is 0 Å². The number of aromatic nitrogens is 2. The fraction of sp³-hybridized carbons (Fsp3) is 0.750. The summed E-state index contributed by atoms with van der Waals surface area (Å²) in [5.74, 6) is 1.99. The standard InChI is InChI=1S/C16H26N4/c1-13-6-9-20(10-7-13)16-11-15(18-12-19-16)5-4-14-3-2-8-17-14/h11-14,17H,2-10H2,1H3/t14-/m0/s1. The Kier molecular flexibility index (Phi) is 4.51. The molecule has 0 radical (unpaired) electrons. The van der Waals surface area contributed by atoms with Gasteiger partial charge >= 0.3 is 0 Å². The largest absolute Gasteiger partial charge is 0.356 e. The Hall–Kier alpha value is -1.16. The molecule has 1 N–H and O–H groups in total. The molecule has 0 bridgehead atoms. The summed E-state index contributed by atoms with van der Waals surface area (Å²) in [6, 6.07) is 2.90.